The van der Waals surface area contributed by atoms with Crippen molar-refractivity contribution in [3.05, 3.63) is 71.3 Å². The quantitative estimate of drug-likeness (QED) is 0.631. The standard InChI is InChI=1S/C16H12N2O2/c19-15-13-8-4-5-9-14(13)16(20)18(15)17-11-10-12-6-2-1-3-7-12/h1-9,11H,10H2/b17-11+. The number of hydrogen-bond donors (Lipinski definition) is 0. The van der Waals surface area contributed by atoms with E-state index in [2.05, 4.69) is 5.10 Å². The number of rotatable bonds is 3. The smallest absolute Gasteiger partial charge is 0.267 e. The van der Waals surface area contributed by atoms with Crippen molar-refractivity contribution in [1.82, 2.24) is 5.01 Å². The van der Waals surface area contributed by atoms with E-state index in [0.29, 0.717) is 17.5 Å². The lowest BCUT2D eigenvalue weighted by Crippen LogP contribution is -2.24. The lowest BCUT2D eigenvalue weighted by atomic mass is 10.1. The highest BCUT2D eigenvalue weighted by molar-refractivity contribution is 6.21. The summed E-state index contributed by atoms with van der Waals surface area (Å²) in [6, 6.07) is 16.5. The van der Waals surface area contributed by atoms with E-state index in [1.54, 1.807) is 30.5 Å². The molecule has 4 heteroatoms. The second-order valence-electron chi connectivity index (χ2n) is 4.46. The maximum atomic E-state index is 12.0. The van der Waals surface area contributed by atoms with Crippen LogP contribution in [0.15, 0.2) is 59.7 Å². The van der Waals surface area contributed by atoms with Crippen molar-refractivity contribution >= 4 is 18.0 Å². The van der Waals surface area contributed by atoms with Gasteiger partial charge in [0.25, 0.3) is 11.8 Å². The van der Waals surface area contributed by atoms with Gasteiger partial charge in [-0.3, -0.25) is 9.59 Å². The Balaban J connectivity index is 1.77. The van der Waals surface area contributed by atoms with E-state index >= 15 is 0 Å². The highest BCUT2D eigenvalue weighted by atomic mass is 16.2. The fourth-order valence-electron chi connectivity index (χ4n) is 2.12. The number of carbonyl (C=O) groups is 2. The second-order valence-corrected chi connectivity index (χ2v) is 4.46. The van der Waals surface area contributed by atoms with Gasteiger partial charge in [0.1, 0.15) is 0 Å². The SMILES string of the molecule is O=C1c2ccccc2C(=O)N1/N=C/Cc1ccccc1. The largest absolute Gasteiger partial charge is 0.282 e. The summed E-state index contributed by atoms with van der Waals surface area (Å²) in [4.78, 5) is 24.1. The topological polar surface area (TPSA) is 49.7 Å². The molecule has 1 aliphatic rings. The molecule has 4 nitrogen and oxygen atoms in total. The van der Waals surface area contributed by atoms with Crippen LogP contribution < -0.4 is 0 Å². The van der Waals surface area contributed by atoms with Crippen molar-refractivity contribution in [2.24, 2.45) is 5.10 Å². The molecule has 2 aromatic rings. The lowest BCUT2D eigenvalue weighted by Gasteiger charge is -2.05. The Hall–Kier alpha value is -2.75. The first-order valence-corrected chi connectivity index (χ1v) is 6.31. The van der Waals surface area contributed by atoms with Crippen LogP contribution in [0.1, 0.15) is 26.3 Å². The van der Waals surface area contributed by atoms with Crippen LogP contribution in [-0.2, 0) is 6.42 Å². The average molecular weight is 264 g/mol. The number of amides is 2. The molecule has 1 heterocycles. The molecule has 2 amide bonds. The number of hydrogen-bond acceptors (Lipinski definition) is 3. The van der Waals surface area contributed by atoms with Gasteiger partial charge in [-0.1, -0.05) is 42.5 Å². The van der Waals surface area contributed by atoms with E-state index in [1.807, 2.05) is 30.3 Å². The summed E-state index contributed by atoms with van der Waals surface area (Å²) in [5.74, 6) is -0.732. The molecule has 2 aromatic carbocycles. The van der Waals surface area contributed by atoms with Crippen LogP contribution in [0.5, 0.6) is 0 Å². The summed E-state index contributed by atoms with van der Waals surface area (Å²) < 4.78 is 0. The van der Waals surface area contributed by atoms with Crippen LogP contribution in [-0.4, -0.2) is 23.0 Å². The molecule has 20 heavy (non-hydrogen) atoms. The number of imide groups is 1. The Kier molecular flexibility index (Phi) is 3.13. The molecule has 98 valence electrons. The molecule has 0 atom stereocenters. The minimum atomic E-state index is -0.366. The fourth-order valence-corrected chi connectivity index (χ4v) is 2.12. The van der Waals surface area contributed by atoms with Crippen LogP contribution in [0, 0.1) is 0 Å². The molecule has 3 rings (SSSR count). The van der Waals surface area contributed by atoms with E-state index < -0.39 is 0 Å². The molecule has 0 unspecified atom stereocenters. The first kappa shape index (κ1) is 12.3. The molecule has 1 aliphatic heterocycles. The van der Waals surface area contributed by atoms with Gasteiger partial charge in [0.05, 0.1) is 11.1 Å². The zero-order valence-corrected chi connectivity index (χ0v) is 10.7. The Morgan fingerprint density at radius 3 is 2.00 bits per heavy atom. The van der Waals surface area contributed by atoms with E-state index in [-0.39, 0.29) is 11.8 Å². The molecule has 0 N–H and O–H groups in total. The van der Waals surface area contributed by atoms with Crippen molar-refractivity contribution in [3.8, 4) is 0 Å². The third-order valence-electron chi connectivity index (χ3n) is 3.14. The summed E-state index contributed by atoms with van der Waals surface area (Å²) in [5.41, 5.74) is 1.90. The monoisotopic (exact) mass is 264 g/mol. The zero-order chi connectivity index (χ0) is 13.9. The summed E-state index contributed by atoms with van der Waals surface area (Å²) in [6.45, 7) is 0. The first-order chi connectivity index (χ1) is 9.77. The summed E-state index contributed by atoms with van der Waals surface area (Å²) >= 11 is 0. The fraction of sp³-hybridized carbons (Fsp3) is 0.0625. The van der Waals surface area contributed by atoms with Gasteiger partial charge >= 0.3 is 0 Å². The molecule has 0 saturated heterocycles. The van der Waals surface area contributed by atoms with Gasteiger partial charge in [0.15, 0.2) is 0 Å². The van der Waals surface area contributed by atoms with Crippen molar-refractivity contribution in [3.63, 3.8) is 0 Å². The number of fused-ring (bicyclic) bond motifs is 1. The average Bonchev–Trinajstić information content (AvgIpc) is 2.74. The zero-order valence-electron chi connectivity index (χ0n) is 10.7. The molecule has 0 saturated carbocycles. The van der Waals surface area contributed by atoms with E-state index in [0.717, 1.165) is 10.6 Å². The van der Waals surface area contributed by atoms with Crippen molar-refractivity contribution in [1.29, 1.82) is 0 Å². The molecule has 0 bridgehead atoms. The Labute approximate surface area is 116 Å². The Morgan fingerprint density at radius 2 is 1.40 bits per heavy atom. The third-order valence-corrected chi connectivity index (χ3v) is 3.14. The predicted molar refractivity (Wildman–Crippen MR) is 75.6 cm³/mol. The summed E-state index contributed by atoms with van der Waals surface area (Å²) in [7, 11) is 0. The summed E-state index contributed by atoms with van der Waals surface area (Å²) in [6.07, 6.45) is 2.16. The molecule has 0 aliphatic carbocycles. The molecule has 0 spiro atoms. The van der Waals surface area contributed by atoms with E-state index in [4.69, 9.17) is 0 Å². The Bertz CT molecular complexity index is 658. The van der Waals surface area contributed by atoms with Crippen LogP contribution in [0.4, 0.5) is 0 Å². The van der Waals surface area contributed by atoms with E-state index in [1.165, 1.54) is 0 Å². The molecule has 0 aromatic heterocycles. The predicted octanol–water partition coefficient (Wildman–Crippen LogP) is 2.51. The molecule has 0 radical (unpaired) electrons. The van der Waals surface area contributed by atoms with Crippen LogP contribution >= 0.6 is 0 Å². The molecular weight excluding hydrogens is 252 g/mol. The molecule has 0 fully saturated rings. The second kappa shape index (κ2) is 5.09. The minimum absolute atomic E-state index is 0.366. The molecular formula is C16H12N2O2. The Morgan fingerprint density at radius 1 is 0.850 bits per heavy atom. The number of hydrazone groups is 1. The van der Waals surface area contributed by atoms with Gasteiger partial charge in [-0.15, -0.1) is 0 Å². The van der Waals surface area contributed by atoms with Crippen LogP contribution in [0.3, 0.4) is 0 Å². The van der Waals surface area contributed by atoms with Gasteiger partial charge in [-0.25, -0.2) is 0 Å². The van der Waals surface area contributed by atoms with Gasteiger partial charge in [-0.05, 0) is 17.7 Å². The minimum Gasteiger partial charge on any atom is -0.267 e. The van der Waals surface area contributed by atoms with E-state index in [9.17, 15) is 9.59 Å². The summed E-state index contributed by atoms with van der Waals surface area (Å²) in [5, 5.41) is 4.93. The first-order valence-electron chi connectivity index (χ1n) is 6.31. The van der Waals surface area contributed by atoms with Gasteiger partial charge in [0, 0.05) is 12.6 Å². The lowest BCUT2D eigenvalue weighted by molar-refractivity contribution is 0.0659. The van der Waals surface area contributed by atoms with Gasteiger partial charge < -0.3 is 0 Å². The number of carbonyl (C=O) groups excluding carboxylic acids is 2. The maximum Gasteiger partial charge on any atom is 0.282 e. The normalized spacial score (nSPS) is 14.1. The van der Waals surface area contributed by atoms with Crippen molar-refractivity contribution in [2.45, 2.75) is 6.42 Å². The third kappa shape index (κ3) is 2.12. The maximum absolute atomic E-state index is 12.0. The van der Waals surface area contributed by atoms with Crippen LogP contribution in [0.2, 0.25) is 0 Å². The van der Waals surface area contributed by atoms with Crippen molar-refractivity contribution in [2.75, 3.05) is 0 Å². The number of nitrogens with zero attached hydrogens (tertiary/aromatic N) is 2. The van der Waals surface area contributed by atoms with Crippen LogP contribution in [0.25, 0.3) is 0 Å². The van der Waals surface area contributed by atoms with Crippen molar-refractivity contribution < 1.29 is 9.59 Å². The number of benzene rings is 2. The van der Waals surface area contributed by atoms with Gasteiger partial charge in [-0.2, -0.15) is 10.1 Å². The highest BCUT2D eigenvalue weighted by Gasteiger charge is 2.34. The van der Waals surface area contributed by atoms with Gasteiger partial charge in [0.2, 0.25) is 0 Å². The highest BCUT2D eigenvalue weighted by Crippen LogP contribution is 2.22.